The maximum atomic E-state index is 12.6. The molecule has 24 heavy (non-hydrogen) atoms. The number of carbonyl (C=O) groups is 1. The Morgan fingerprint density at radius 3 is 2.33 bits per heavy atom. The van der Waals surface area contributed by atoms with Gasteiger partial charge in [-0.2, -0.15) is 0 Å². The van der Waals surface area contributed by atoms with Gasteiger partial charge in [-0.3, -0.25) is 9.69 Å². The lowest BCUT2D eigenvalue weighted by Gasteiger charge is -2.40. The fourth-order valence-electron chi connectivity index (χ4n) is 3.34. The fourth-order valence-corrected chi connectivity index (χ4v) is 3.66. The number of piperidine rings is 1. The number of morpholine rings is 1. The molecule has 0 unspecified atom stereocenters. The smallest absolute Gasteiger partial charge is 0.255 e. The summed E-state index contributed by atoms with van der Waals surface area (Å²) in [7, 11) is 0. The SMILES string of the molecule is CC.Cc1ccc(C(=O)N2CCC(N3CCOCC3)CC2)c(Cl)c1. The lowest BCUT2D eigenvalue weighted by atomic mass is 10.0. The van der Waals surface area contributed by atoms with Gasteiger partial charge in [0.1, 0.15) is 0 Å². The van der Waals surface area contributed by atoms with Gasteiger partial charge in [-0.15, -0.1) is 0 Å². The molecule has 1 amide bonds. The van der Waals surface area contributed by atoms with E-state index >= 15 is 0 Å². The predicted molar refractivity (Wildman–Crippen MR) is 98.9 cm³/mol. The van der Waals surface area contributed by atoms with Crippen molar-refractivity contribution in [3.63, 3.8) is 0 Å². The van der Waals surface area contributed by atoms with E-state index in [4.69, 9.17) is 16.3 Å². The lowest BCUT2D eigenvalue weighted by molar-refractivity contribution is 0.00159. The van der Waals surface area contributed by atoms with Gasteiger partial charge >= 0.3 is 0 Å². The number of amides is 1. The Balaban J connectivity index is 0.00000100. The second kappa shape index (κ2) is 9.40. The highest BCUT2D eigenvalue weighted by Crippen LogP contribution is 2.23. The molecule has 0 spiro atoms. The molecule has 2 heterocycles. The number of rotatable bonds is 2. The van der Waals surface area contributed by atoms with Gasteiger partial charge in [0.05, 0.1) is 23.8 Å². The molecular weight excluding hydrogens is 324 g/mol. The maximum Gasteiger partial charge on any atom is 0.255 e. The van der Waals surface area contributed by atoms with Crippen LogP contribution in [-0.4, -0.2) is 61.1 Å². The van der Waals surface area contributed by atoms with Gasteiger partial charge in [-0.25, -0.2) is 0 Å². The molecule has 0 radical (unpaired) electrons. The molecule has 134 valence electrons. The van der Waals surface area contributed by atoms with Gasteiger partial charge in [0.2, 0.25) is 0 Å². The van der Waals surface area contributed by atoms with E-state index in [0.29, 0.717) is 16.6 Å². The number of aryl methyl sites for hydroxylation is 1. The number of hydrogen-bond donors (Lipinski definition) is 0. The first kappa shape index (κ1) is 19.2. The van der Waals surface area contributed by atoms with Crippen LogP contribution in [0.4, 0.5) is 0 Å². The van der Waals surface area contributed by atoms with E-state index in [0.717, 1.165) is 57.8 Å². The molecule has 1 aromatic carbocycles. The highest BCUT2D eigenvalue weighted by atomic mass is 35.5. The topological polar surface area (TPSA) is 32.8 Å². The van der Waals surface area contributed by atoms with Crippen LogP contribution in [0.2, 0.25) is 5.02 Å². The number of nitrogens with zero attached hydrogens (tertiary/aromatic N) is 2. The highest BCUT2D eigenvalue weighted by molar-refractivity contribution is 6.33. The quantitative estimate of drug-likeness (QED) is 0.815. The first-order chi connectivity index (χ1) is 11.6. The lowest BCUT2D eigenvalue weighted by Crippen LogP contribution is -2.50. The van der Waals surface area contributed by atoms with Crippen molar-refractivity contribution in [1.29, 1.82) is 0 Å². The van der Waals surface area contributed by atoms with E-state index in [1.165, 1.54) is 0 Å². The summed E-state index contributed by atoms with van der Waals surface area (Å²) in [5.74, 6) is 0.0606. The van der Waals surface area contributed by atoms with Gasteiger partial charge in [0, 0.05) is 32.2 Å². The van der Waals surface area contributed by atoms with Crippen LogP contribution >= 0.6 is 11.6 Å². The minimum absolute atomic E-state index is 0.0606. The fraction of sp³-hybridized carbons (Fsp3) is 0.632. The highest BCUT2D eigenvalue weighted by Gasteiger charge is 2.28. The number of halogens is 1. The van der Waals surface area contributed by atoms with Crippen LogP contribution in [0.1, 0.15) is 42.6 Å². The van der Waals surface area contributed by atoms with Crippen LogP contribution in [0.3, 0.4) is 0 Å². The monoisotopic (exact) mass is 352 g/mol. The third kappa shape index (κ3) is 4.71. The Labute approximate surface area is 150 Å². The Bertz CT molecular complexity index is 536. The van der Waals surface area contributed by atoms with Crippen molar-refractivity contribution >= 4 is 17.5 Å². The van der Waals surface area contributed by atoms with Crippen molar-refractivity contribution in [3.05, 3.63) is 34.3 Å². The van der Waals surface area contributed by atoms with Crippen LogP contribution in [0.5, 0.6) is 0 Å². The Kier molecular flexibility index (Phi) is 7.53. The summed E-state index contributed by atoms with van der Waals surface area (Å²) >= 11 is 6.22. The van der Waals surface area contributed by atoms with E-state index in [1.54, 1.807) is 0 Å². The standard InChI is InChI=1S/C17H23ClN2O2.C2H6/c1-13-2-3-15(16(18)12-13)17(21)20-6-4-14(5-7-20)19-8-10-22-11-9-19;1-2/h2-3,12,14H,4-11H2,1H3;1-2H3. The Hall–Kier alpha value is -1.10. The third-order valence-electron chi connectivity index (χ3n) is 4.67. The average molecular weight is 353 g/mol. The van der Waals surface area contributed by atoms with Crippen molar-refractivity contribution < 1.29 is 9.53 Å². The van der Waals surface area contributed by atoms with Crippen molar-refractivity contribution in [2.45, 2.75) is 39.7 Å². The molecule has 0 atom stereocenters. The number of likely N-dealkylation sites (tertiary alicyclic amines) is 1. The van der Waals surface area contributed by atoms with Crippen molar-refractivity contribution in [1.82, 2.24) is 9.80 Å². The summed E-state index contributed by atoms with van der Waals surface area (Å²) in [6.07, 6.45) is 2.07. The maximum absolute atomic E-state index is 12.6. The largest absolute Gasteiger partial charge is 0.379 e. The minimum Gasteiger partial charge on any atom is -0.379 e. The molecule has 0 N–H and O–H groups in total. The van der Waals surface area contributed by atoms with Crippen LogP contribution < -0.4 is 0 Å². The zero-order valence-electron chi connectivity index (χ0n) is 15.1. The summed E-state index contributed by atoms with van der Waals surface area (Å²) in [5.41, 5.74) is 1.70. The Morgan fingerprint density at radius 2 is 1.75 bits per heavy atom. The van der Waals surface area contributed by atoms with Gasteiger partial charge in [0.25, 0.3) is 5.91 Å². The number of benzene rings is 1. The normalized spacial score (nSPS) is 19.6. The van der Waals surface area contributed by atoms with E-state index in [2.05, 4.69) is 4.90 Å². The zero-order chi connectivity index (χ0) is 17.5. The second-order valence-corrected chi connectivity index (χ2v) is 6.56. The first-order valence-corrected chi connectivity index (χ1v) is 9.40. The molecule has 4 nitrogen and oxygen atoms in total. The summed E-state index contributed by atoms with van der Waals surface area (Å²) in [6.45, 7) is 11.3. The zero-order valence-corrected chi connectivity index (χ0v) is 15.8. The molecule has 0 aromatic heterocycles. The molecule has 2 saturated heterocycles. The number of hydrogen-bond acceptors (Lipinski definition) is 3. The molecule has 3 rings (SSSR count). The van der Waals surface area contributed by atoms with Crippen LogP contribution in [0.15, 0.2) is 18.2 Å². The molecule has 0 aliphatic carbocycles. The number of ether oxygens (including phenoxy) is 1. The van der Waals surface area contributed by atoms with E-state index in [1.807, 2.05) is 43.9 Å². The molecular formula is C19H29ClN2O2. The van der Waals surface area contributed by atoms with Gasteiger partial charge in [-0.05, 0) is 37.5 Å². The predicted octanol–water partition coefficient (Wildman–Crippen LogP) is 3.61. The summed E-state index contributed by atoms with van der Waals surface area (Å²) in [6, 6.07) is 6.23. The molecule has 2 aliphatic heterocycles. The molecule has 5 heteroatoms. The first-order valence-electron chi connectivity index (χ1n) is 9.02. The van der Waals surface area contributed by atoms with Gasteiger partial charge < -0.3 is 9.64 Å². The van der Waals surface area contributed by atoms with Crippen LogP contribution in [-0.2, 0) is 4.74 Å². The number of carbonyl (C=O) groups excluding carboxylic acids is 1. The minimum atomic E-state index is 0.0606. The summed E-state index contributed by atoms with van der Waals surface area (Å²) in [4.78, 5) is 17.1. The third-order valence-corrected chi connectivity index (χ3v) is 4.98. The van der Waals surface area contributed by atoms with E-state index in [9.17, 15) is 4.79 Å². The van der Waals surface area contributed by atoms with Gasteiger partial charge in [0.15, 0.2) is 0 Å². The molecule has 1 aromatic rings. The Morgan fingerprint density at radius 1 is 1.12 bits per heavy atom. The van der Waals surface area contributed by atoms with Crippen molar-refractivity contribution in [3.8, 4) is 0 Å². The molecule has 0 saturated carbocycles. The molecule has 0 bridgehead atoms. The van der Waals surface area contributed by atoms with E-state index in [-0.39, 0.29) is 5.91 Å². The summed E-state index contributed by atoms with van der Waals surface area (Å²) in [5, 5.41) is 0.556. The van der Waals surface area contributed by atoms with Crippen molar-refractivity contribution in [2.75, 3.05) is 39.4 Å². The van der Waals surface area contributed by atoms with Crippen LogP contribution in [0, 0.1) is 6.92 Å². The van der Waals surface area contributed by atoms with Crippen LogP contribution in [0.25, 0.3) is 0 Å². The van der Waals surface area contributed by atoms with E-state index < -0.39 is 0 Å². The average Bonchev–Trinajstić information content (AvgIpc) is 2.64. The van der Waals surface area contributed by atoms with Gasteiger partial charge in [-0.1, -0.05) is 31.5 Å². The summed E-state index contributed by atoms with van der Waals surface area (Å²) < 4.78 is 5.41. The van der Waals surface area contributed by atoms with Crippen molar-refractivity contribution in [2.24, 2.45) is 0 Å². The molecule has 2 aliphatic rings. The second-order valence-electron chi connectivity index (χ2n) is 6.16. The molecule has 2 fully saturated rings.